The topological polar surface area (TPSA) is 78.9 Å². The lowest BCUT2D eigenvalue weighted by atomic mass is 10.2. The van der Waals surface area contributed by atoms with Gasteiger partial charge in [-0.1, -0.05) is 18.2 Å². The van der Waals surface area contributed by atoms with E-state index in [4.69, 9.17) is 4.42 Å². The highest BCUT2D eigenvalue weighted by atomic mass is 127. The number of aromatic nitrogens is 2. The van der Waals surface area contributed by atoms with Crippen LogP contribution < -0.4 is 10.2 Å². The van der Waals surface area contributed by atoms with Crippen molar-refractivity contribution in [3.63, 3.8) is 0 Å². The quantitative estimate of drug-likeness (QED) is 0.333. The minimum absolute atomic E-state index is 0. The summed E-state index contributed by atoms with van der Waals surface area (Å²) < 4.78 is 7.55. The van der Waals surface area contributed by atoms with Crippen molar-refractivity contribution in [2.75, 3.05) is 31.1 Å². The normalized spacial score (nSPS) is 15.0. The third-order valence-corrected chi connectivity index (χ3v) is 4.72. The van der Waals surface area contributed by atoms with E-state index in [2.05, 4.69) is 15.4 Å². The fourth-order valence-electron chi connectivity index (χ4n) is 3.37. The van der Waals surface area contributed by atoms with E-state index in [0.717, 1.165) is 34.9 Å². The molecule has 3 aromatic rings. The molecule has 1 N–H and O–H groups in total. The van der Waals surface area contributed by atoms with Gasteiger partial charge in [-0.3, -0.25) is 9.48 Å². The zero-order chi connectivity index (χ0) is 19.5. The zero-order valence-corrected chi connectivity index (χ0v) is 18.9. The Bertz CT molecular complexity index is 978. The van der Waals surface area contributed by atoms with Crippen LogP contribution >= 0.6 is 24.0 Å². The molecule has 8 nitrogen and oxygen atoms in total. The Morgan fingerprint density at radius 3 is 2.83 bits per heavy atom. The molecule has 0 bridgehead atoms. The predicted molar refractivity (Wildman–Crippen MR) is 124 cm³/mol. The molecule has 9 heteroatoms. The number of guanidine groups is 1. The number of para-hydroxylation sites is 1. The number of aliphatic imine (C=N–C) groups is 1. The molecule has 1 saturated heterocycles. The van der Waals surface area contributed by atoms with E-state index in [1.165, 1.54) is 0 Å². The summed E-state index contributed by atoms with van der Waals surface area (Å²) in [6, 6.07) is 9.92. The molecule has 0 atom stereocenters. The van der Waals surface area contributed by atoms with Crippen LogP contribution in [0.15, 0.2) is 52.1 Å². The van der Waals surface area contributed by atoms with E-state index < -0.39 is 0 Å². The Morgan fingerprint density at radius 2 is 2.14 bits per heavy atom. The van der Waals surface area contributed by atoms with Crippen LogP contribution in [0.25, 0.3) is 11.0 Å². The van der Waals surface area contributed by atoms with Crippen molar-refractivity contribution in [3.05, 3.63) is 48.5 Å². The maximum absolute atomic E-state index is 12.7. The van der Waals surface area contributed by atoms with Gasteiger partial charge in [-0.25, -0.2) is 4.99 Å². The van der Waals surface area contributed by atoms with Gasteiger partial charge in [0, 0.05) is 38.3 Å². The molecular weight excluding hydrogens is 483 g/mol. The molecule has 1 aliphatic rings. The van der Waals surface area contributed by atoms with Gasteiger partial charge in [0.2, 0.25) is 5.91 Å². The standard InChI is InChI=1S/C20H24N6O2.HI/c1-3-21-20(22-12-17-10-15-6-4-5-7-18(15)28-17)25-8-9-26(19(27)14-25)16-11-23-24(2)13-16;/h4-7,10-11,13H,3,8-9,12,14H2,1-2H3,(H,21,22);1H. The molecule has 3 heterocycles. The molecule has 1 amide bonds. The van der Waals surface area contributed by atoms with Crippen LogP contribution in [0.5, 0.6) is 0 Å². The van der Waals surface area contributed by atoms with E-state index in [-0.39, 0.29) is 36.4 Å². The Hall–Kier alpha value is -2.56. The van der Waals surface area contributed by atoms with Crippen LogP contribution in [0.1, 0.15) is 12.7 Å². The fraction of sp³-hybridized carbons (Fsp3) is 0.350. The molecule has 4 rings (SSSR count). The van der Waals surface area contributed by atoms with Crippen molar-refractivity contribution < 1.29 is 9.21 Å². The predicted octanol–water partition coefficient (Wildman–Crippen LogP) is 2.60. The monoisotopic (exact) mass is 508 g/mol. The maximum atomic E-state index is 12.7. The van der Waals surface area contributed by atoms with Gasteiger partial charge in [0.25, 0.3) is 0 Å². The van der Waals surface area contributed by atoms with Crippen LogP contribution in [-0.4, -0.2) is 52.7 Å². The van der Waals surface area contributed by atoms with Crippen LogP contribution in [0.3, 0.4) is 0 Å². The van der Waals surface area contributed by atoms with Crippen LogP contribution in [0.4, 0.5) is 5.69 Å². The Balaban J connectivity index is 0.00000240. The molecule has 0 spiro atoms. The van der Waals surface area contributed by atoms with E-state index in [1.54, 1.807) is 15.8 Å². The van der Waals surface area contributed by atoms with Crippen molar-refractivity contribution in [2.45, 2.75) is 13.5 Å². The summed E-state index contributed by atoms with van der Waals surface area (Å²) in [6.07, 6.45) is 3.57. The number of amides is 1. The number of hydrogen-bond acceptors (Lipinski definition) is 4. The molecule has 1 fully saturated rings. The Labute approximate surface area is 186 Å². The van der Waals surface area contributed by atoms with Gasteiger partial charge in [-0.2, -0.15) is 5.10 Å². The van der Waals surface area contributed by atoms with Gasteiger partial charge >= 0.3 is 0 Å². The van der Waals surface area contributed by atoms with Crippen molar-refractivity contribution in [1.29, 1.82) is 0 Å². The first kappa shape index (κ1) is 21.2. The summed E-state index contributed by atoms with van der Waals surface area (Å²) in [5.41, 5.74) is 1.69. The number of nitrogens with one attached hydrogen (secondary N) is 1. The van der Waals surface area contributed by atoms with Crippen molar-refractivity contribution in [2.24, 2.45) is 12.0 Å². The summed E-state index contributed by atoms with van der Waals surface area (Å²) in [5, 5.41) is 8.50. The van der Waals surface area contributed by atoms with E-state index in [9.17, 15) is 4.79 Å². The third kappa shape index (κ3) is 4.72. The average Bonchev–Trinajstić information content (AvgIpc) is 3.30. The minimum atomic E-state index is 0. The summed E-state index contributed by atoms with van der Waals surface area (Å²) in [5.74, 6) is 1.56. The van der Waals surface area contributed by atoms with Gasteiger partial charge in [0.15, 0.2) is 5.96 Å². The Morgan fingerprint density at radius 1 is 1.31 bits per heavy atom. The summed E-state index contributed by atoms with van der Waals surface area (Å²) in [6.45, 7) is 4.75. The molecule has 2 aromatic heterocycles. The number of anilines is 1. The number of aryl methyl sites for hydroxylation is 1. The van der Waals surface area contributed by atoms with Gasteiger partial charge in [0.05, 0.1) is 11.9 Å². The number of hydrogen-bond donors (Lipinski definition) is 1. The second-order valence-corrected chi connectivity index (χ2v) is 6.76. The van der Waals surface area contributed by atoms with Gasteiger partial charge in [0.1, 0.15) is 24.4 Å². The van der Waals surface area contributed by atoms with E-state index in [1.807, 2.05) is 55.4 Å². The highest BCUT2D eigenvalue weighted by Crippen LogP contribution is 2.20. The third-order valence-electron chi connectivity index (χ3n) is 4.72. The van der Waals surface area contributed by atoms with E-state index in [0.29, 0.717) is 19.6 Å². The van der Waals surface area contributed by atoms with E-state index >= 15 is 0 Å². The van der Waals surface area contributed by atoms with Crippen molar-refractivity contribution in [1.82, 2.24) is 20.0 Å². The number of halogens is 1. The van der Waals surface area contributed by atoms with Gasteiger partial charge in [-0.15, -0.1) is 24.0 Å². The van der Waals surface area contributed by atoms with Crippen molar-refractivity contribution in [3.8, 4) is 0 Å². The average molecular weight is 508 g/mol. The lowest BCUT2D eigenvalue weighted by Gasteiger charge is -2.35. The number of fused-ring (bicyclic) bond motifs is 1. The SMILES string of the molecule is CCNC(=NCc1cc2ccccc2o1)N1CCN(c2cnn(C)c2)C(=O)C1.I. The molecule has 29 heavy (non-hydrogen) atoms. The van der Waals surface area contributed by atoms with Gasteiger partial charge < -0.3 is 19.5 Å². The second-order valence-electron chi connectivity index (χ2n) is 6.76. The smallest absolute Gasteiger partial charge is 0.246 e. The lowest BCUT2D eigenvalue weighted by molar-refractivity contribution is -0.120. The lowest BCUT2D eigenvalue weighted by Crippen LogP contribution is -2.55. The molecule has 0 saturated carbocycles. The van der Waals surface area contributed by atoms with Crippen LogP contribution in [0, 0.1) is 0 Å². The molecule has 1 aromatic carbocycles. The number of carbonyl (C=O) groups excluding carboxylic acids is 1. The molecule has 0 aliphatic carbocycles. The number of nitrogens with zero attached hydrogens (tertiary/aromatic N) is 5. The molecule has 154 valence electrons. The molecular formula is C20H25IN6O2. The number of benzene rings is 1. The molecule has 1 aliphatic heterocycles. The highest BCUT2D eigenvalue weighted by molar-refractivity contribution is 14.0. The minimum Gasteiger partial charge on any atom is -0.459 e. The number of rotatable bonds is 4. The fourth-order valence-corrected chi connectivity index (χ4v) is 3.37. The second kappa shape index (κ2) is 9.29. The zero-order valence-electron chi connectivity index (χ0n) is 16.5. The first-order valence-electron chi connectivity index (χ1n) is 9.44. The Kier molecular flexibility index (Phi) is 6.78. The number of furan rings is 1. The number of piperazine rings is 1. The first-order valence-corrected chi connectivity index (χ1v) is 9.44. The van der Waals surface area contributed by atoms with Gasteiger partial charge in [-0.05, 0) is 19.1 Å². The van der Waals surface area contributed by atoms with Crippen LogP contribution in [0.2, 0.25) is 0 Å². The first-order chi connectivity index (χ1) is 13.6. The molecule has 0 radical (unpaired) electrons. The van der Waals surface area contributed by atoms with Crippen LogP contribution in [-0.2, 0) is 18.4 Å². The summed E-state index contributed by atoms with van der Waals surface area (Å²) >= 11 is 0. The largest absolute Gasteiger partial charge is 0.459 e. The van der Waals surface area contributed by atoms with Crippen molar-refractivity contribution >= 4 is 52.5 Å². The summed E-state index contributed by atoms with van der Waals surface area (Å²) in [7, 11) is 1.85. The highest BCUT2D eigenvalue weighted by Gasteiger charge is 2.27. The maximum Gasteiger partial charge on any atom is 0.246 e. The number of carbonyl (C=O) groups is 1. The summed E-state index contributed by atoms with van der Waals surface area (Å²) in [4.78, 5) is 21.1. The molecule has 0 unspecified atom stereocenters.